The number of aromatic nitrogens is 4. The maximum atomic E-state index is 12.4. The Balaban J connectivity index is 1.98. The van der Waals surface area contributed by atoms with Gasteiger partial charge in [0.2, 0.25) is 5.95 Å². The van der Waals surface area contributed by atoms with E-state index >= 15 is 0 Å². The van der Waals surface area contributed by atoms with Crippen LogP contribution in [0.4, 0.5) is 5.95 Å². The van der Waals surface area contributed by atoms with E-state index in [0.29, 0.717) is 21.7 Å². The lowest BCUT2D eigenvalue weighted by atomic mass is 10.1. The number of nitrogens with zero attached hydrogens (tertiary/aromatic N) is 4. The van der Waals surface area contributed by atoms with E-state index in [1.807, 2.05) is 0 Å². The minimum Gasteiger partial charge on any atom is -0.368 e. The van der Waals surface area contributed by atoms with Gasteiger partial charge >= 0.3 is 0 Å². The summed E-state index contributed by atoms with van der Waals surface area (Å²) in [4.78, 5) is 24.3. The van der Waals surface area contributed by atoms with Crippen molar-refractivity contribution in [1.82, 2.24) is 19.5 Å². The molecule has 2 N–H and O–H groups in total. The molecule has 0 unspecified atom stereocenters. The highest BCUT2D eigenvalue weighted by molar-refractivity contribution is 6.36. The number of imidazole rings is 1. The van der Waals surface area contributed by atoms with Crippen LogP contribution in [-0.4, -0.2) is 25.3 Å². The molecule has 0 aliphatic rings. The Kier molecular flexibility index (Phi) is 3.90. The lowest BCUT2D eigenvalue weighted by Crippen LogP contribution is -2.11. The number of anilines is 1. The number of carbonyl (C=O) groups is 1. The number of benzene rings is 1. The highest BCUT2D eigenvalue weighted by atomic mass is 35.5. The van der Waals surface area contributed by atoms with Crippen LogP contribution >= 0.6 is 34.8 Å². The average Bonchev–Trinajstić information content (AvgIpc) is 2.82. The quantitative estimate of drug-likeness (QED) is 0.575. The Labute approximate surface area is 139 Å². The van der Waals surface area contributed by atoms with Crippen LogP contribution < -0.4 is 5.73 Å². The molecule has 0 amide bonds. The van der Waals surface area contributed by atoms with Gasteiger partial charge in [-0.2, -0.15) is 9.97 Å². The largest absolute Gasteiger partial charge is 0.368 e. The number of nitrogens with two attached hydrogens (primary N) is 1. The van der Waals surface area contributed by atoms with Crippen LogP contribution in [0.5, 0.6) is 0 Å². The Hall–Kier alpha value is -1.89. The molecule has 0 atom stereocenters. The lowest BCUT2D eigenvalue weighted by Gasteiger charge is -2.06. The van der Waals surface area contributed by atoms with Gasteiger partial charge in [-0.25, -0.2) is 4.98 Å². The third-order valence-corrected chi connectivity index (χ3v) is 3.80. The monoisotopic (exact) mass is 355 g/mol. The fraction of sp³-hybridized carbons (Fsp3) is 0.0769. The van der Waals surface area contributed by atoms with E-state index in [1.165, 1.54) is 17.0 Å². The lowest BCUT2D eigenvalue weighted by molar-refractivity contribution is 0.0973. The second-order valence-corrected chi connectivity index (χ2v) is 5.67. The van der Waals surface area contributed by atoms with Crippen LogP contribution in [0, 0.1) is 0 Å². The number of rotatable bonds is 3. The van der Waals surface area contributed by atoms with Crippen molar-refractivity contribution in [3.63, 3.8) is 0 Å². The van der Waals surface area contributed by atoms with Crippen molar-refractivity contribution in [1.29, 1.82) is 0 Å². The standard InChI is InChI=1S/C13H8Cl3N5O/c14-6-1-2-7(8(15)3-6)9(22)4-21-5-18-10-11(16)19-13(17)20-12(10)21/h1-3,5H,4H2,(H2,17,19,20). The van der Waals surface area contributed by atoms with Crippen LogP contribution in [0.2, 0.25) is 15.2 Å². The molecule has 0 saturated heterocycles. The maximum absolute atomic E-state index is 12.4. The van der Waals surface area contributed by atoms with Crippen molar-refractivity contribution >= 4 is 57.7 Å². The summed E-state index contributed by atoms with van der Waals surface area (Å²) in [5.41, 5.74) is 6.69. The first-order valence-electron chi connectivity index (χ1n) is 6.08. The van der Waals surface area contributed by atoms with Gasteiger partial charge in [-0.1, -0.05) is 34.8 Å². The summed E-state index contributed by atoms with van der Waals surface area (Å²) in [6, 6.07) is 4.69. The molecule has 2 aromatic heterocycles. The Morgan fingerprint density at radius 1 is 1.23 bits per heavy atom. The normalized spacial score (nSPS) is 11.0. The molecule has 0 saturated carbocycles. The molecule has 6 nitrogen and oxygen atoms in total. The molecule has 0 bridgehead atoms. The molecular formula is C13H8Cl3N5O. The van der Waals surface area contributed by atoms with E-state index in [1.54, 1.807) is 12.1 Å². The smallest absolute Gasteiger partial charge is 0.223 e. The zero-order valence-corrected chi connectivity index (χ0v) is 13.2. The van der Waals surface area contributed by atoms with Gasteiger partial charge in [-0.15, -0.1) is 0 Å². The van der Waals surface area contributed by atoms with Crippen LogP contribution in [-0.2, 0) is 6.54 Å². The number of nitrogen functional groups attached to an aromatic ring is 1. The summed E-state index contributed by atoms with van der Waals surface area (Å²) in [5, 5.41) is 0.884. The molecule has 3 rings (SSSR count). The van der Waals surface area contributed by atoms with Crippen molar-refractivity contribution in [2.24, 2.45) is 0 Å². The van der Waals surface area contributed by atoms with Gasteiger partial charge in [-0.3, -0.25) is 4.79 Å². The second kappa shape index (κ2) is 5.72. The predicted molar refractivity (Wildman–Crippen MR) is 85.5 cm³/mol. The fourth-order valence-corrected chi connectivity index (χ4v) is 2.73. The summed E-state index contributed by atoms with van der Waals surface area (Å²) in [6.07, 6.45) is 1.45. The zero-order chi connectivity index (χ0) is 15.9. The van der Waals surface area contributed by atoms with E-state index in [-0.39, 0.29) is 28.5 Å². The van der Waals surface area contributed by atoms with E-state index in [4.69, 9.17) is 40.5 Å². The molecule has 2 heterocycles. The van der Waals surface area contributed by atoms with Crippen LogP contribution in [0.3, 0.4) is 0 Å². The summed E-state index contributed by atoms with van der Waals surface area (Å²) >= 11 is 17.8. The number of carbonyl (C=O) groups excluding carboxylic acids is 1. The van der Waals surface area contributed by atoms with Crippen molar-refractivity contribution in [3.8, 4) is 0 Å². The molecule has 22 heavy (non-hydrogen) atoms. The molecular weight excluding hydrogens is 349 g/mol. The predicted octanol–water partition coefficient (Wildman–Crippen LogP) is 3.25. The first-order valence-corrected chi connectivity index (χ1v) is 7.21. The van der Waals surface area contributed by atoms with Crippen LogP contribution in [0.15, 0.2) is 24.5 Å². The summed E-state index contributed by atoms with van der Waals surface area (Å²) in [6.45, 7) is -0.00929. The van der Waals surface area contributed by atoms with Gasteiger partial charge in [0.05, 0.1) is 17.9 Å². The molecule has 1 aromatic carbocycles. The third kappa shape index (κ3) is 2.72. The number of hydrogen-bond donors (Lipinski definition) is 1. The van der Waals surface area contributed by atoms with Gasteiger partial charge in [-0.05, 0) is 18.2 Å². The molecule has 0 aliphatic carbocycles. The van der Waals surface area contributed by atoms with E-state index in [2.05, 4.69) is 15.0 Å². The first kappa shape index (κ1) is 15.0. The molecule has 0 spiro atoms. The summed E-state index contributed by atoms with van der Waals surface area (Å²) in [7, 11) is 0. The van der Waals surface area contributed by atoms with Crippen LogP contribution in [0.25, 0.3) is 11.2 Å². The number of fused-ring (bicyclic) bond motifs is 1. The number of ketones is 1. The van der Waals surface area contributed by atoms with E-state index < -0.39 is 0 Å². The van der Waals surface area contributed by atoms with Gasteiger partial charge < -0.3 is 10.3 Å². The highest BCUT2D eigenvalue weighted by Crippen LogP contribution is 2.23. The van der Waals surface area contributed by atoms with Gasteiger partial charge in [0.1, 0.15) is 5.52 Å². The Morgan fingerprint density at radius 3 is 2.73 bits per heavy atom. The molecule has 3 aromatic rings. The fourth-order valence-electron chi connectivity index (χ4n) is 2.00. The maximum Gasteiger partial charge on any atom is 0.223 e. The van der Waals surface area contributed by atoms with Crippen molar-refractivity contribution in [2.45, 2.75) is 6.54 Å². The first-order chi connectivity index (χ1) is 10.5. The van der Waals surface area contributed by atoms with E-state index in [9.17, 15) is 4.79 Å². The number of halogens is 3. The second-order valence-electron chi connectivity index (χ2n) is 4.46. The summed E-state index contributed by atoms with van der Waals surface area (Å²) in [5.74, 6) is -0.203. The van der Waals surface area contributed by atoms with Gasteiger partial charge in [0, 0.05) is 10.6 Å². The van der Waals surface area contributed by atoms with Crippen molar-refractivity contribution in [2.75, 3.05) is 5.73 Å². The molecule has 0 radical (unpaired) electrons. The highest BCUT2D eigenvalue weighted by Gasteiger charge is 2.16. The Bertz CT molecular complexity index is 893. The minimum atomic E-state index is -0.214. The Morgan fingerprint density at radius 2 is 2.00 bits per heavy atom. The molecule has 0 aliphatic heterocycles. The van der Waals surface area contributed by atoms with Gasteiger partial charge in [0.25, 0.3) is 0 Å². The van der Waals surface area contributed by atoms with Gasteiger partial charge in [0.15, 0.2) is 16.6 Å². The number of Topliss-reactive ketones (excluding diaryl/α,β-unsaturated/α-hetero) is 1. The minimum absolute atomic E-state index is 0.00929. The zero-order valence-electron chi connectivity index (χ0n) is 10.9. The van der Waals surface area contributed by atoms with Crippen LogP contribution in [0.1, 0.15) is 10.4 Å². The summed E-state index contributed by atoms with van der Waals surface area (Å²) < 4.78 is 1.53. The molecule has 9 heteroatoms. The SMILES string of the molecule is Nc1nc(Cl)c2ncn(CC(=O)c3ccc(Cl)cc3Cl)c2n1. The molecule has 0 fully saturated rings. The molecule has 112 valence electrons. The van der Waals surface area contributed by atoms with Crippen molar-refractivity contribution < 1.29 is 4.79 Å². The van der Waals surface area contributed by atoms with Crippen molar-refractivity contribution in [3.05, 3.63) is 45.3 Å². The topological polar surface area (TPSA) is 86.7 Å². The third-order valence-electron chi connectivity index (χ3n) is 2.98. The average molecular weight is 357 g/mol. The van der Waals surface area contributed by atoms with E-state index in [0.717, 1.165) is 0 Å². The number of hydrogen-bond acceptors (Lipinski definition) is 5.